The Labute approximate surface area is 135 Å². The Morgan fingerprint density at radius 2 is 1.95 bits per heavy atom. The van der Waals surface area contributed by atoms with Crippen molar-refractivity contribution in [3.63, 3.8) is 0 Å². The van der Waals surface area contributed by atoms with Gasteiger partial charge in [-0.3, -0.25) is 14.3 Å². The molecule has 6 nitrogen and oxygen atoms in total. The average molecular weight is 325 g/mol. The summed E-state index contributed by atoms with van der Waals surface area (Å²) in [5, 5.41) is 10.5. The van der Waals surface area contributed by atoms with E-state index in [1.54, 1.807) is 29.9 Å². The zero-order valence-electron chi connectivity index (χ0n) is 12.8. The lowest BCUT2D eigenvalue weighted by Crippen LogP contribution is -2.36. The molecule has 0 radical (unpaired) electrons. The molecule has 2 N–H and O–H groups in total. The van der Waals surface area contributed by atoms with Crippen molar-refractivity contribution in [2.45, 2.75) is 13.3 Å². The molecule has 120 valence electrons. The molecule has 1 amide bonds. The van der Waals surface area contributed by atoms with Crippen LogP contribution in [0.5, 0.6) is 0 Å². The van der Waals surface area contributed by atoms with E-state index >= 15 is 0 Å². The fourth-order valence-corrected chi connectivity index (χ4v) is 2.12. The molecule has 0 bridgehead atoms. The number of fused-ring (bicyclic) bond motifs is 1. The Morgan fingerprint density at radius 1 is 1.23 bits per heavy atom. The van der Waals surface area contributed by atoms with Crippen molar-refractivity contribution >= 4 is 29.2 Å². The highest BCUT2D eigenvalue weighted by Crippen LogP contribution is 2.07. The molecule has 0 aliphatic rings. The van der Waals surface area contributed by atoms with E-state index in [-0.39, 0.29) is 23.5 Å². The SMILES string of the molecule is CCCNCCNC(=O)c1nn(C)c2ccccc2c1=O.Cl. The number of hydrogen-bond donors (Lipinski definition) is 2. The highest BCUT2D eigenvalue weighted by atomic mass is 35.5. The molecule has 0 fully saturated rings. The van der Waals surface area contributed by atoms with Crippen molar-refractivity contribution in [1.82, 2.24) is 20.4 Å². The summed E-state index contributed by atoms with van der Waals surface area (Å²) in [5.74, 6) is -0.431. The minimum atomic E-state index is -0.431. The van der Waals surface area contributed by atoms with Crippen LogP contribution < -0.4 is 16.1 Å². The third-order valence-corrected chi connectivity index (χ3v) is 3.19. The number of halogens is 1. The lowest BCUT2D eigenvalue weighted by molar-refractivity contribution is 0.0946. The van der Waals surface area contributed by atoms with Gasteiger partial charge in [-0.2, -0.15) is 5.10 Å². The van der Waals surface area contributed by atoms with Gasteiger partial charge in [0.2, 0.25) is 5.43 Å². The first-order chi connectivity index (χ1) is 10.1. The number of nitrogens with zero attached hydrogens (tertiary/aromatic N) is 2. The number of para-hydroxylation sites is 1. The first-order valence-corrected chi connectivity index (χ1v) is 7.10. The Kier molecular flexibility index (Phi) is 7.01. The lowest BCUT2D eigenvalue weighted by Gasteiger charge is -2.08. The number of carbonyl (C=O) groups is 1. The maximum Gasteiger partial charge on any atom is 0.275 e. The van der Waals surface area contributed by atoms with Gasteiger partial charge in [0.15, 0.2) is 5.69 Å². The molecule has 0 spiro atoms. The quantitative estimate of drug-likeness (QED) is 0.780. The van der Waals surface area contributed by atoms with Gasteiger partial charge in [0.05, 0.1) is 5.52 Å². The van der Waals surface area contributed by atoms with Gasteiger partial charge in [0.1, 0.15) is 0 Å². The summed E-state index contributed by atoms with van der Waals surface area (Å²) in [6, 6.07) is 7.13. The molecule has 0 saturated heterocycles. The molecule has 0 atom stereocenters. The number of aromatic nitrogens is 2. The Balaban J connectivity index is 0.00000242. The number of hydrogen-bond acceptors (Lipinski definition) is 4. The average Bonchev–Trinajstić information content (AvgIpc) is 2.50. The maximum absolute atomic E-state index is 12.3. The first-order valence-electron chi connectivity index (χ1n) is 7.10. The number of benzene rings is 1. The van der Waals surface area contributed by atoms with Crippen molar-refractivity contribution in [3.05, 3.63) is 40.2 Å². The van der Waals surface area contributed by atoms with Crippen LogP contribution in [0.15, 0.2) is 29.1 Å². The maximum atomic E-state index is 12.3. The predicted octanol–water partition coefficient (Wildman–Crippen LogP) is 1.08. The molecule has 0 aliphatic heterocycles. The van der Waals surface area contributed by atoms with Crippen LogP contribution in [0.2, 0.25) is 0 Å². The van der Waals surface area contributed by atoms with Crippen LogP contribution >= 0.6 is 12.4 Å². The van der Waals surface area contributed by atoms with Gasteiger partial charge in [0.25, 0.3) is 5.91 Å². The molecular formula is C15H21ClN4O2. The van der Waals surface area contributed by atoms with Crippen LogP contribution in [0.3, 0.4) is 0 Å². The van der Waals surface area contributed by atoms with Crippen molar-refractivity contribution in [2.24, 2.45) is 7.05 Å². The zero-order valence-corrected chi connectivity index (χ0v) is 13.6. The van der Waals surface area contributed by atoms with Crippen LogP contribution in [-0.2, 0) is 7.05 Å². The van der Waals surface area contributed by atoms with Crippen molar-refractivity contribution < 1.29 is 4.79 Å². The Morgan fingerprint density at radius 3 is 2.68 bits per heavy atom. The second-order valence-electron chi connectivity index (χ2n) is 4.82. The van der Waals surface area contributed by atoms with Gasteiger partial charge in [-0.1, -0.05) is 19.1 Å². The van der Waals surface area contributed by atoms with Gasteiger partial charge in [0, 0.05) is 25.5 Å². The molecule has 1 aromatic heterocycles. The summed E-state index contributed by atoms with van der Waals surface area (Å²) in [6.07, 6.45) is 1.04. The van der Waals surface area contributed by atoms with Gasteiger partial charge < -0.3 is 10.6 Å². The first kappa shape index (κ1) is 18.1. The number of nitrogens with one attached hydrogen (secondary N) is 2. The summed E-state index contributed by atoms with van der Waals surface area (Å²) in [7, 11) is 1.72. The topological polar surface area (TPSA) is 76.0 Å². The highest BCUT2D eigenvalue weighted by molar-refractivity contribution is 5.95. The largest absolute Gasteiger partial charge is 0.349 e. The minimum Gasteiger partial charge on any atom is -0.349 e. The molecule has 2 aromatic rings. The molecule has 0 saturated carbocycles. The molecule has 1 aromatic carbocycles. The van der Waals surface area contributed by atoms with Crippen molar-refractivity contribution in [1.29, 1.82) is 0 Å². The molecule has 22 heavy (non-hydrogen) atoms. The van der Waals surface area contributed by atoms with E-state index in [0.29, 0.717) is 24.0 Å². The van der Waals surface area contributed by atoms with Gasteiger partial charge in [-0.05, 0) is 25.1 Å². The molecular weight excluding hydrogens is 304 g/mol. The standard InChI is InChI=1S/C15H20N4O2.ClH/c1-3-8-16-9-10-17-15(21)13-14(20)11-6-4-5-7-12(11)19(2)18-13;/h4-7,16H,3,8-10H2,1-2H3,(H,17,21);1H. The number of rotatable bonds is 6. The third-order valence-electron chi connectivity index (χ3n) is 3.19. The fraction of sp³-hybridized carbons (Fsp3) is 0.400. The Hall–Kier alpha value is -1.92. The summed E-state index contributed by atoms with van der Waals surface area (Å²) in [4.78, 5) is 24.4. The molecule has 0 unspecified atom stereocenters. The van der Waals surface area contributed by atoms with Gasteiger partial charge in [-0.15, -0.1) is 12.4 Å². The second-order valence-corrected chi connectivity index (χ2v) is 4.82. The van der Waals surface area contributed by atoms with Crippen LogP contribution in [0, 0.1) is 0 Å². The summed E-state index contributed by atoms with van der Waals surface area (Å²) in [6.45, 7) is 4.13. The smallest absolute Gasteiger partial charge is 0.275 e. The predicted molar refractivity (Wildman–Crippen MR) is 89.7 cm³/mol. The number of amides is 1. The van der Waals surface area contributed by atoms with E-state index in [0.717, 1.165) is 13.0 Å². The fourth-order valence-electron chi connectivity index (χ4n) is 2.12. The number of aryl methyl sites for hydroxylation is 1. The van der Waals surface area contributed by atoms with E-state index in [1.165, 1.54) is 0 Å². The van der Waals surface area contributed by atoms with Crippen LogP contribution in [-0.4, -0.2) is 35.3 Å². The normalized spacial score (nSPS) is 10.3. The summed E-state index contributed by atoms with van der Waals surface area (Å²) in [5.41, 5.74) is 0.318. The molecule has 0 aliphatic carbocycles. The lowest BCUT2D eigenvalue weighted by atomic mass is 10.2. The van der Waals surface area contributed by atoms with E-state index in [4.69, 9.17) is 0 Å². The van der Waals surface area contributed by atoms with E-state index in [9.17, 15) is 9.59 Å². The van der Waals surface area contributed by atoms with E-state index in [1.807, 2.05) is 6.07 Å². The third kappa shape index (κ3) is 4.05. The number of carbonyl (C=O) groups excluding carboxylic acids is 1. The highest BCUT2D eigenvalue weighted by Gasteiger charge is 2.15. The van der Waals surface area contributed by atoms with Crippen LogP contribution in [0.25, 0.3) is 10.9 Å². The molecule has 1 heterocycles. The van der Waals surface area contributed by atoms with Gasteiger partial charge >= 0.3 is 0 Å². The second kappa shape index (κ2) is 8.51. The van der Waals surface area contributed by atoms with Crippen LogP contribution in [0.1, 0.15) is 23.8 Å². The van der Waals surface area contributed by atoms with E-state index < -0.39 is 5.91 Å². The zero-order chi connectivity index (χ0) is 15.2. The Bertz CT molecular complexity index is 699. The van der Waals surface area contributed by atoms with Gasteiger partial charge in [-0.25, -0.2) is 0 Å². The monoisotopic (exact) mass is 324 g/mol. The summed E-state index contributed by atoms with van der Waals surface area (Å²) < 4.78 is 1.56. The van der Waals surface area contributed by atoms with Crippen molar-refractivity contribution in [3.8, 4) is 0 Å². The van der Waals surface area contributed by atoms with E-state index in [2.05, 4.69) is 22.7 Å². The molecule has 7 heteroatoms. The summed E-state index contributed by atoms with van der Waals surface area (Å²) >= 11 is 0. The minimum absolute atomic E-state index is 0. The van der Waals surface area contributed by atoms with Crippen LogP contribution in [0.4, 0.5) is 0 Å². The molecule has 2 rings (SSSR count). The van der Waals surface area contributed by atoms with Crippen molar-refractivity contribution in [2.75, 3.05) is 19.6 Å².